The summed E-state index contributed by atoms with van der Waals surface area (Å²) >= 11 is 0. The quantitative estimate of drug-likeness (QED) is 0.116. The molecule has 1 amide bonds. The number of rotatable bonds is 12. The van der Waals surface area contributed by atoms with Crippen molar-refractivity contribution in [1.29, 1.82) is 0 Å². The number of hydrogen-bond acceptors (Lipinski definition) is 6. The number of carbonyl (C=O) groups is 2. The number of carbonyl (C=O) groups excluding carboxylic acids is 1. The fraction of sp³-hybridized carbons (Fsp3) is 0.684. The minimum atomic E-state index is -4.47. The van der Waals surface area contributed by atoms with Crippen LogP contribution in [0, 0.1) is 46.3 Å². The highest BCUT2D eigenvalue weighted by Gasteiger charge is 2.57. The summed E-state index contributed by atoms with van der Waals surface area (Å²) in [6, 6.07) is 5.47. The molecule has 3 N–H and O–H groups in total. The number of aliphatic carboxylic acids is 1. The molecule has 4 aliphatic rings. The lowest BCUT2D eigenvalue weighted by Crippen LogP contribution is -2.52. The number of benzene rings is 1. The molecule has 1 aromatic carbocycles. The normalized spacial score (nSPS) is 33.4. The summed E-state index contributed by atoms with van der Waals surface area (Å²) in [4.78, 5) is 25.2. The molecule has 48 heavy (non-hydrogen) atoms. The number of fused-ring (bicyclic) bond motifs is 4. The molecule has 10 atom stereocenters. The van der Waals surface area contributed by atoms with Gasteiger partial charge in [-0.15, -0.1) is 0 Å². The summed E-state index contributed by atoms with van der Waals surface area (Å²) in [6.07, 6.45) is 9.54. The molecular weight excluding hydrogens is 630 g/mol. The van der Waals surface area contributed by atoms with Crippen LogP contribution in [0.4, 0.5) is 0 Å². The number of hydrogen-bond donors (Lipinski definition) is 3. The molecular formula is C38H55NO8S. The van der Waals surface area contributed by atoms with Gasteiger partial charge in [-0.25, -0.2) is 8.98 Å². The zero-order chi connectivity index (χ0) is 35.2. The molecule has 0 saturated heterocycles. The molecule has 4 aliphatic carbocycles. The first-order valence-corrected chi connectivity index (χ1v) is 19.1. The maximum Gasteiger partial charge on any atom is 0.397 e. The van der Waals surface area contributed by atoms with E-state index < -0.39 is 34.4 Å². The van der Waals surface area contributed by atoms with Gasteiger partial charge in [0.15, 0.2) is 6.04 Å². The topological polar surface area (TPSA) is 139 Å². The molecule has 5 rings (SSSR count). The van der Waals surface area contributed by atoms with Crippen LogP contribution in [0.3, 0.4) is 0 Å². The van der Waals surface area contributed by atoms with Crippen LogP contribution in [0.25, 0.3) is 0 Å². The Morgan fingerprint density at radius 3 is 2.35 bits per heavy atom. The van der Waals surface area contributed by atoms with Crippen molar-refractivity contribution >= 4 is 22.3 Å². The number of carboxylic acids is 1. The highest BCUT2D eigenvalue weighted by Crippen LogP contribution is 2.66. The zero-order valence-corrected chi connectivity index (χ0v) is 30.3. The molecule has 3 saturated carbocycles. The third kappa shape index (κ3) is 6.99. The van der Waals surface area contributed by atoms with E-state index in [9.17, 15) is 27.7 Å². The van der Waals surface area contributed by atoms with Crippen molar-refractivity contribution in [3.63, 3.8) is 0 Å². The van der Waals surface area contributed by atoms with Gasteiger partial charge in [0.2, 0.25) is 5.91 Å². The van der Waals surface area contributed by atoms with Gasteiger partial charge in [0.1, 0.15) is 5.75 Å². The van der Waals surface area contributed by atoms with E-state index in [1.165, 1.54) is 6.42 Å². The number of carboxylic acid groups (broad SMARTS) is 1. The Hall–Kier alpha value is -2.69. The van der Waals surface area contributed by atoms with Crippen LogP contribution in [-0.2, 0) is 24.2 Å². The zero-order valence-electron chi connectivity index (χ0n) is 29.5. The summed E-state index contributed by atoms with van der Waals surface area (Å²) in [5, 5.41) is 12.5. The number of nitrogens with one attached hydrogen (secondary N) is 1. The summed E-state index contributed by atoms with van der Waals surface area (Å²) < 4.78 is 42.7. The van der Waals surface area contributed by atoms with Crippen molar-refractivity contribution in [3.8, 4) is 5.75 Å². The molecule has 9 nitrogen and oxygen atoms in total. The van der Waals surface area contributed by atoms with Gasteiger partial charge in [0.05, 0.1) is 13.2 Å². The van der Waals surface area contributed by atoms with Crippen LogP contribution in [0.5, 0.6) is 5.75 Å². The molecule has 1 aromatic rings. The lowest BCUT2D eigenvalue weighted by Gasteiger charge is -2.58. The van der Waals surface area contributed by atoms with E-state index in [1.807, 2.05) is 6.92 Å². The van der Waals surface area contributed by atoms with Crippen molar-refractivity contribution in [2.45, 2.75) is 111 Å². The molecule has 0 spiro atoms. The van der Waals surface area contributed by atoms with E-state index in [0.717, 1.165) is 51.4 Å². The number of methoxy groups -OCH3 is 1. The molecule has 0 heterocycles. The number of amides is 1. The van der Waals surface area contributed by atoms with Crippen molar-refractivity contribution < 1.29 is 36.6 Å². The Morgan fingerprint density at radius 2 is 1.73 bits per heavy atom. The summed E-state index contributed by atoms with van der Waals surface area (Å²) in [7, 11) is -2.93. The van der Waals surface area contributed by atoms with Gasteiger partial charge in [-0.3, -0.25) is 9.35 Å². The van der Waals surface area contributed by atoms with Gasteiger partial charge < -0.3 is 15.2 Å². The summed E-state index contributed by atoms with van der Waals surface area (Å²) in [5.74, 6) is 0.925. The molecule has 0 aromatic heterocycles. The maximum absolute atomic E-state index is 13.1. The molecule has 3 fully saturated rings. The molecule has 0 aliphatic heterocycles. The highest BCUT2D eigenvalue weighted by atomic mass is 32.3. The van der Waals surface area contributed by atoms with Crippen LogP contribution in [0.15, 0.2) is 47.6 Å². The molecule has 10 unspecified atom stereocenters. The first kappa shape index (κ1) is 36.6. The summed E-state index contributed by atoms with van der Waals surface area (Å²) in [6.45, 7) is 15.4. The minimum Gasteiger partial charge on any atom is -0.497 e. The predicted octanol–water partition coefficient (Wildman–Crippen LogP) is 7.70. The Bertz CT molecular complexity index is 1540. The van der Waals surface area contributed by atoms with Crippen LogP contribution in [0.1, 0.15) is 110 Å². The van der Waals surface area contributed by atoms with Crippen molar-refractivity contribution in [2.24, 2.45) is 46.3 Å². The average molecular weight is 686 g/mol. The van der Waals surface area contributed by atoms with Crippen molar-refractivity contribution in [1.82, 2.24) is 5.32 Å². The number of ether oxygens (including phenoxy) is 1. The second-order valence-electron chi connectivity index (χ2n) is 15.8. The third-order valence-corrected chi connectivity index (χ3v) is 13.9. The monoisotopic (exact) mass is 685 g/mol. The average Bonchev–Trinajstić information content (AvgIpc) is 3.40. The van der Waals surface area contributed by atoms with E-state index in [-0.39, 0.29) is 22.7 Å². The van der Waals surface area contributed by atoms with Gasteiger partial charge in [-0.05, 0) is 128 Å². The molecule has 0 radical (unpaired) electrons. The SMILES string of the molecule is C=C(C(=O)NC(C(=O)O)c1ccc(OC)cc1)C(C)CCC(C)C1CCC2=C3CCC4C(C)C(OS(=O)(=O)O)CCC4(C)C3CCC21C. The Kier molecular flexibility index (Phi) is 10.6. The smallest absolute Gasteiger partial charge is 0.397 e. The van der Waals surface area contributed by atoms with Crippen LogP contribution < -0.4 is 10.1 Å². The molecule has 266 valence electrons. The summed E-state index contributed by atoms with van der Waals surface area (Å²) in [5.41, 5.74) is 4.48. The Balaban J connectivity index is 1.21. The van der Waals surface area contributed by atoms with E-state index >= 15 is 0 Å². The third-order valence-electron chi connectivity index (χ3n) is 13.4. The van der Waals surface area contributed by atoms with Gasteiger partial charge in [0, 0.05) is 5.57 Å². The van der Waals surface area contributed by atoms with Crippen molar-refractivity contribution in [3.05, 3.63) is 53.1 Å². The highest BCUT2D eigenvalue weighted by molar-refractivity contribution is 7.80. The standard InChI is InChI=1S/C38H55NO8S/c1-22(24(3)35(40)39-34(36(41)42)26-10-12-27(46-7)13-11-26)8-9-23(2)29-16-17-31-28-14-15-30-25(4)33(47-48(43,44)45)19-21-38(30,6)32(28)18-20-37(29,31)5/h10-13,22-23,25,29-30,32-34H,3,8-9,14-21H2,1-2,4-7H3,(H,39,40)(H,41,42)(H,43,44,45). The van der Waals surface area contributed by atoms with Crippen molar-refractivity contribution in [2.75, 3.05) is 7.11 Å². The minimum absolute atomic E-state index is 0.0677. The second kappa shape index (κ2) is 13.9. The fourth-order valence-electron chi connectivity index (χ4n) is 10.6. The Labute approximate surface area is 286 Å². The Morgan fingerprint density at radius 1 is 1.04 bits per heavy atom. The van der Waals surface area contributed by atoms with Crippen LogP contribution in [0.2, 0.25) is 0 Å². The van der Waals surface area contributed by atoms with E-state index in [4.69, 9.17) is 8.92 Å². The lowest BCUT2D eigenvalue weighted by atomic mass is 9.47. The molecule has 0 bridgehead atoms. The van der Waals surface area contributed by atoms with E-state index in [0.29, 0.717) is 47.0 Å². The maximum atomic E-state index is 13.1. The van der Waals surface area contributed by atoms with Crippen LogP contribution in [-0.4, -0.2) is 43.2 Å². The van der Waals surface area contributed by atoms with Gasteiger partial charge >= 0.3 is 16.4 Å². The lowest BCUT2D eigenvalue weighted by molar-refractivity contribution is -0.141. The fourth-order valence-corrected chi connectivity index (χ4v) is 11.2. The predicted molar refractivity (Wildman–Crippen MR) is 184 cm³/mol. The first-order valence-electron chi connectivity index (χ1n) is 17.7. The van der Waals surface area contributed by atoms with Crippen LogP contribution >= 0.6 is 0 Å². The van der Waals surface area contributed by atoms with E-state index in [2.05, 4.69) is 39.6 Å². The first-order chi connectivity index (χ1) is 22.5. The molecule has 10 heteroatoms. The second-order valence-corrected chi connectivity index (χ2v) is 16.8. The van der Waals surface area contributed by atoms with Gasteiger partial charge in [-0.1, -0.05) is 64.5 Å². The van der Waals surface area contributed by atoms with Gasteiger partial charge in [0.25, 0.3) is 0 Å². The number of allylic oxidation sites excluding steroid dienone is 2. The largest absolute Gasteiger partial charge is 0.497 e. The van der Waals surface area contributed by atoms with Gasteiger partial charge in [-0.2, -0.15) is 8.42 Å². The van der Waals surface area contributed by atoms with E-state index in [1.54, 1.807) is 42.5 Å².